The summed E-state index contributed by atoms with van der Waals surface area (Å²) < 4.78 is 13.5. The van der Waals surface area contributed by atoms with E-state index < -0.39 is 18.2 Å². The lowest BCUT2D eigenvalue weighted by molar-refractivity contribution is 0.0915. The van der Waals surface area contributed by atoms with E-state index in [0.717, 1.165) is 59.3 Å². The summed E-state index contributed by atoms with van der Waals surface area (Å²) in [5.74, 6) is 7.89. The van der Waals surface area contributed by atoms with E-state index in [2.05, 4.69) is 17.1 Å². The van der Waals surface area contributed by atoms with Crippen LogP contribution in [0.15, 0.2) is 66.7 Å². The number of aliphatic hydroxyl groups is 1. The predicted molar refractivity (Wildman–Crippen MR) is 180 cm³/mol. The highest BCUT2D eigenvalue weighted by atomic mass is 35.5. The Morgan fingerprint density at radius 3 is 2.56 bits per heavy atom. The zero-order chi connectivity index (χ0) is 31.9. The lowest BCUT2D eigenvalue weighted by Gasteiger charge is -2.36. The Kier molecular flexibility index (Phi) is 10.9. The first-order valence-corrected chi connectivity index (χ1v) is 16.1. The molecule has 3 aromatic carbocycles. The van der Waals surface area contributed by atoms with Gasteiger partial charge in [-0.1, -0.05) is 48.4 Å². The molecule has 2 heterocycles. The quantitative estimate of drug-likeness (QED) is 0.166. The number of hydrogen-bond donors (Lipinski definition) is 3. The van der Waals surface area contributed by atoms with Crippen LogP contribution < -0.4 is 20.6 Å². The third-order valence-electron chi connectivity index (χ3n) is 8.35. The van der Waals surface area contributed by atoms with Crippen LogP contribution in [0.5, 0.6) is 11.5 Å². The number of hydrogen-bond acceptors (Lipinski definition) is 7. The average molecular weight is 634 g/mol. The standard InChI is InChI=1S/C35H44ClN5O4/c1-4-18-39(20-17-38-3)23-27(42)16-21-44-28-12-7-25(8-13-28)33-34-30(31-22-26(36)9-14-32(31)41(34)37)15-19-40(33)35(43)45-29-10-5-24(2)6-11-29/h5-14,22,27,33,38,42H,4,15-21,23,37H2,1-3H3. The maximum absolute atomic E-state index is 13.7. The van der Waals surface area contributed by atoms with Gasteiger partial charge in [-0.15, -0.1) is 0 Å². The summed E-state index contributed by atoms with van der Waals surface area (Å²) in [6.07, 6.45) is 1.27. The van der Waals surface area contributed by atoms with Gasteiger partial charge in [-0.05, 0) is 86.9 Å². The molecule has 1 aliphatic heterocycles. The molecule has 0 saturated heterocycles. The smallest absolute Gasteiger partial charge is 0.416 e. The average Bonchev–Trinajstić information content (AvgIpc) is 3.31. The van der Waals surface area contributed by atoms with Crippen LogP contribution in [-0.2, 0) is 6.42 Å². The van der Waals surface area contributed by atoms with Gasteiger partial charge in [-0.25, -0.2) is 4.79 Å². The van der Waals surface area contributed by atoms with E-state index in [4.69, 9.17) is 26.9 Å². The summed E-state index contributed by atoms with van der Waals surface area (Å²) in [4.78, 5) is 17.7. The third kappa shape index (κ3) is 7.73. The van der Waals surface area contributed by atoms with Gasteiger partial charge in [0, 0.05) is 43.0 Å². The summed E-state index contributed by atoms with van der Waals surface area (Å²) in [5.41, 5.74) is 4.71. The van der Waals surface area contributed by atoms with Crippen molar-refractivity contribution in [2.24, 2.45) is 0 Å². The normalized spacial score (nSPS) is 15.3. The van der Waals surface area contributed by atoms with Gasteiger partial charge in [0.1, 0.15) is 17.5 Å². The first-order chi connectivity index (χ1) is 21.8. The predicted octanol–water partition coefficient (Wildman–Crippen LogP) is 5.52. The summed E-state index contributed by atoms with van der Waals surface area (Å²) in [7, 11) is 1.94. The maximum Gasteiger partial charge on any atom is 0.416 e. The van der Waals surface area contributed by atoms with Gasteiger partial charge in [0.2, 0.25) is 0 Å². The van der Waals surface area contributed by atoms with Gasteiger partial charge in [0.05, 0.1) is 23.9 Å². The molecule has 10 heteroatoms. The van der Waals surface area contributed by atoms with Crippen LogP contribution >= 0.6 is 11.6 Å². The summed E-state index contributed by atoms with van der Waals surface area (Å²) in [6.45, 7) is 8.34. The number of likely N-dealkylation sites (N-methyl/N-ethyl adjacent to an activating group) is 1. The Morgan fingerprint density at radius 2 is 1.84 bits per heavy atom. The van der Waals surface area contributed by atoms with E-state index in [1.807, 2.05) is 68.6 Å². The van der Waals surface area contributed by atoms with Crippen molar-refractivity contribution >= 4 is 28.6 Å². The molecule has 0 bridgehead atoms. The van der Waals surface area contributed by atoms with Gasteiger partial charge in [-0.2, -0.15) is 0 Å². The number of ether oxygens (including phenoxy) is 2. The number of nitrogen functional groups attached to an aromatic ring is 1. The van der Waals surface area contributed by atoms with E-state index in [1.165, 1.54) is 0 Å². The van der Waals surface area contributed by atoms with Crippen molar-refractivity contribution < 1.29 is 19.4 Å². The maximum atomic E-state index is 13.7. The Balaban J connectivity index is 1.34. The molecule has 5 rings (SSSR count). The fourth-order valence-corrected chi connectivity index (χ4v) is 6.24. The van der Waals surface area contributed by atoms with Crippen LogP contribution in [-0.4, -0.2) is 78.2 Å². The number of fused-ring (bicyclic) bond motifs is 3. The number of carbonyl (C=O) groups excluding carboxylic acids is 1. The number of aliphatic hydroxyl groups excluding tert-OH is 1. The number of rotatable bonds is 13. The first kappa shape index (κ1) is 32.6. The molecule has 9 nitrogen and oxygen atoms in total. The zero-order valence-electron chi connectivity index (χ0n) is 26.3. The summed E-state index contributed by atoms with van der Waals surface area (Å²) in [6, 6.07) is 20.3. The summed E-state index contributed by atoms with van der Waals surface area (Å²) >= 11 is 6.37. The van der Waals surface area contributed by atoms with Gasteiger partial charge < -0.3 is 25.7 Å². The Bertz CT molecular complexity index is 1570. The number of nitrogens with one attached hydrogen (secondary N) is 1. The van der Waals surface area contributed by atoms with Crippen LogP contribution in [0.3, 0.4) is 0 Å². The highest BCUT2D eigenvalue weighted by molar-refractivity contribution is 6.31. The number of aromatic nitrogens is 1. The van der Waals surface area contributed by atoms with Gasteiger partial charge in [-0.3, -0.25) is 14.5 Å². The van der Waals surface area contributed by atoms with E-state index in [-0.39, 0.29) is 0 Å². The van der Waals surface area contributed by atoms with Crippen molar-refractivity contribution in [1.82, 2.24) is 19.8 Å². The van der Waals surface area contributed by atoms with Crippen LogP contribution in [0.25, 0.3) is 10.9 Å². The van der Waals surface area contributed by atoms with Crippen molar-refractivity contribution in [1.29, 1.82) is 0 Å². The second kappa shape index (κ2) is 15.0. The molecule has 1 amide bonds. The lowest BCUT2D eigenvalue weighted by Crippen LogP contribution is -2.43. The molecular weight excluding hydrogens is 590 g/mol. The fourth-order valence-electron chi connectivity index (χ4n) is 6.07. The van der Waals surface area contributed by atoms with Crippen LogP contribution in [0.2, 0.25) is 5.02 Å². The molecule has 0 radical (unpaired) electrons. The molecule has 1 aromatic heterocycles. The van der Waals surface area contributed by atoms with Crippen molar-refractivity contribution in [2.45, 2.75) is 45.3 Å². The molecule has 2 unspecified atom stereocenters. The highest BCUT2D eigenvalue weighted by Gasteiger charge is 2.37. The van der Waals surface area contributed by atoms with Crippen LogP contribution in [0, 0.1) is 6.92 Å². The number of carbonyl (C=O) groups is 1. The molecule has 4 aromatic rings. The molecule has 0 aliphatic carbocycles. The minimum Gasteiger partial charge on any atom is -0.493 e. The van der Waals surface area contributed by atoms with Crippen molar-refractivity contribution in [3.8, 4) is 11.5 Å². The molecule has 4 N–H and O–H groups in total. The molecule has 240 valence electrons. The Labute approximate surface area is 270 Å². The molecule has 0 spiro atoms. The Morgan fingerprint density at radius 1 is 1.11 bits per heavy atom. The number of nitrogens with zero attached hydrogens (tertiary/aromatic N) is 3. The van der Waals surface area contributed by atoms with Crippen molar-refractivity contribution in [2.75, 3.05) is 52.2 Å². The van der Waals surface area contributed by atoms with Gasteiger partial charge in [0.25, 0.3) is 0 Å². The molecule has 1 aliphatic rings. The number of aryl methyl sites for hydroxylation is 1. The van der Waals surface area contributed by atoms with Crippen LogP contribution in [0.4, 0.5) is 4.79 Å². The molecule has 45 heavy (non-hydrogen) atoms. The van der Waals surface area contributed by atoms with Crippen LogP contribution in [0.1, 0.15) is 48.2 Å². The Hall–Kier alpha value is -3.76. The van der Waals surface area contributed by atoms with E-state index >= 15 is 0 Å². The number of amides is 1. The van der Waals surface area contributed by atoms with Crippen molar-refractivity contribution in [3.63, 3.8) is 0 Å². The number of halogens is 1. The SMILES string of the molecule is CCCN(CCNC)CC(O)CCOc1ccc(C2c3c(c4cc(Cl)ccc4n3N)CCN2C(=O)Oc2ccc(C)cc2)cc1. The second-order valence-corrected chi connectivity index (χ2v) is 12.1. The second-order valence-electron chi connectivity index (χ2n) is 11.7. The lowest BCUT2D eigenvalue weighted by atomic mass is 9.92. The molecule has 0 saturated carbocycles. The molecular formula is C35H44ClN5O4. The zero-order valence-corrected chi connectivity index (χ0v) is 27.1. The number of benzene rings is 3. The molecule has 0 fully saturated rings. The topological polar surface area (TPSA) is 105 Å². The van der Waals surface area contributed by atoms with E-state index in [0.29, 0.717) is 49.1 Å². The van der Waals surface area contributed by atoms with Gasteiger partial charge >= 0.3 is 6.09 Å². The van der Waals surface area contributed by atoms with Gasteiger partial charge in [0.15, 0.2) is 0 Å². The molecule has 2 atom stereocenters. The van der Waals surface area contributed by atoms with Crippen molar-refractivity contribution in [3.05, 3.63) is 94.1 Å². The third-order valence-corrected chi connectivity index (χ3v) is 8.58. The highest BCUT2D eigenvalue weighted by Crippen LogP contribution is 2.41. The van der Waals surface area contributed by atoms with E-state index in [9.17, 15) is 9.90 Å². The minimum atomic E-state index is -0.485. The fraction of sp³-hybridized carbons (Fsp3) is 0.400. The largest absolute Gasteiger partial charge is 0.493 e. The minimum absolute atomic E-state index is 0.396. The van der Waals surface area contributed by atoms with E-state index in [1.54, 1.807) is 21.7 Å². The summed E-state index contributed by atoms with van der Waals surface area (Å²) in [5, 5.41) is 15.4. The number of nitrogens with two attached hydrogens (primary N) is 1. The first-order valence-electron chi connectivity index (χ1n) is 15.7. The monoisotopic (exact) mass is 633 g/mol.